The third-order valence-corrected chi connectivity index (χ3v) is 7.07. The molecule has 0 saturated carbocycles. The number of pyridine rings is 2. The predicted molar refractivity (Wildman–Crippen MR) is 138 cm³/mol. The van der Waals surface area contributed by atoms with Crippen molar-refractivity contribution < 1.29 is 9.47 Å². The molecule has 6 rings (SSSR count). The summed E-state index contributed by atoms with van der Waals surface area (Å²) >= 11 is 5.89. The first-order chi connectivity index (χ1) is 17.1. The summed E-state index contributed by atoms with van der Waals surface area (Å²) in [6, 6.07) is 18.2. The van der Waals surface area contributed by atoms with Crippen molar-refractivity contribution in [3.63, 3.8) is 0 Å². The van der Waals surface area contributed by atoms with Crippen molar-refractivity contribution in [3.8, 4) is 11.5 Å². The number of benzene rings is 1. The fraction of sp³-hybridized carbons (Fsp3) is 0.222. The number of nitrogens with zero attached hydrogens (tertiary/aromatic N) is 4. The van der Waals surface area contributed by atoms with Crippen LogP contribution in [0.5, 0.6) is 11.5 Å². The lowest BCUT2D eigenvalue weighted by Crippen LogP contribution is -2.29. The molecule has 1 aromatic carbocycles. The maximum atomic E-state index is 5.89. The van der Waals surface area contributed by atoms with Gasteiger partial charge in [0.2, 0.25) is 6.79 Å². The summed E-state index contributed by atoms with van der Waals surface area (Å²) in [6.07, 6.45) is 5.50. The highest BCUT2D eigenvalue weighted by atomic mass is 32.1. The summed E-state index contributed by atoms with van der Waals surface area (Å²) in [5, 5.41) is 4.20. The summed E-state index contributed by atoms with van der Waals surface area (Å²) in [5.74, 6) is 1.48. The van der Waals surface area contributed by atoms with Crippen molar-refractivity contribution in [1.82, 2.24) is 19.9 Å². The van der Waals surface area contributed by atoms with Gasteiger partial charge in [0.05, 0.1) is 17.8 Å². The molecule has 1 N–H and O–H groups in total. The van der Waals surface area contributed by atoms with E-state index in [0.717, 1.165) is 29.4 Å². The molecule has 8 heteroatoms. The molecule has 0 aliphatic carbocycles. The Hall–Kier alpha value is -3.91. The first-order valence-corrected chi connectivity index (χ1v) is 12.0. The maximum absolute atomic E-state index is 5.89. The largest absolute Gasteiger partial charge is 0.454 e. The summed E-state index contributed by atoms with van der Waals surface area (Å²) in [4.78, 5) is 11.0. The van der Waals surface area contributed by atoms with Crippen molar-refractivity contribution in [2.24, 2.45) is 0 Å². The standard InChI is InChI=1S/C27H25N5O2S/c1-17-13-21(18(2)31(17)15-19-8-11-28-12-9-19)26-25(22-5-3-4-10-29-22)30-27(35)32(26)20-6-7-23-24(14-20)34-16-33-23/h3-14,25-26H,15-16H2,1-2H3,(H,30,35)/t25-,26+/m0/s1. The summed E-state index contributed by atoms with van der Waals surface area (Å²) in [5.41, 5.74) is 6.70. The van der Waals surface area contributed by atoms with Gasteiger partial charge in [-0.3, -0.25) is 9.97 Å². The molecule has 4 aromatic rings. The van der Waals surface area contributed by atoms with Crippen LogP contribution in [-0.4, -0.2) is 26.4 Å². The van der Waals surface area contributed by atoms with Gasteiger partial charge in [-0.15, -0.1) is 0 Å². The molecule has 176 valence electrons. The van der Waals surface area contributed by atoms with E-state index in [1.165, 1.54) is 22.5 Å². The van der Waals surface area contributed by atoms with E-state index in [9.17, 15) is 0 Å². The molecule has 7 nitrogen and oxygen atoms in total. The average Bonchev–Trinajstić information content (AvgIpc) is 3.56. The van der Waals surface area contributed by atoms with E-state index >= 15 is 0 Å². The Bertz CT molecular complexity index is 1390. The fourth-order valence-electron chi connectivity index (χ4n) is 5.03. The molecule has 0 amide bonds. The van der Waals surface area contributed by atoms with Gasteiger partial charge < -0.3 is 24.3 Å². The minimum atomic E-state index is -0.107. The number of nitrogens with one attached hydrogen (secondary N) is 1. The quantitative estimate of drug-likeness (QED) is 0.407. The highest BCUT2D eigenvalue weighted by Gasteiger charge is 2.42. The van der Waals surface area contributed by atoms with Crippen molar-refractivity contribution >= 4 is 23.0 Å². The molecule has 2 atom stereocenters. The molecule has 1 saturated heterocycles. The monoisotopic (exact) mass is 483 g/mol. The number of thiocarbonyl (C=S) groups is 1. The molecule has 2 aliphatic rings. The number of anilines is 1. The van der Waals surface area contributed by atoms with Crippen LogP contribution in [0.25, 0.3) is 0 Å². The Kier molecular flexibility index (Phi) is 5.37. The van der Waals surface area contributed by atoms with Gasteiger partial charge >= 0.3 is 0 Å². The minimum absolute atomic E-state index is 0.0878. The second-order valence-electron chi connectivity index (χ2n) is 8.80. The second kappa shape index (κ2) is 8.70. The van der Waals surface area contributed by atoms with Gasteiger partial charge in [0.1, 0.15) is 0 Å². The Morgan fingerprint density at radius 3 is 2.63 bits per heavy atom. The summed E-state index contributed by atoms with van der Waals surface area (Å²) in [6.45, 7) is 5.35. The van der Waals surface area contributed by atoms with Crippen LogP contribution in [0.3, 0.4) is 0 Å². The zero-order chi connectivity index (χ0) is 23.9. The molecule has 3 aromatic heterocycles. The normalized spacial score (nSPS) is 18.7. The summed E-state index contributed by atoms with van der Waals surface area (Å²) < 4.78 is 13.5. The van der Waals surface area contributed by atoms with Gasteiger partial charge in [-0.1, -0.05) is 6.07 Å². The minimum Gasteiger partial charge on any atom is -0.454 e. The first kappa shape index (κ1) is 21.6. The lowest BCUT2D eigenvalue weighted by atomic mass is 9.96. The molecular weight excluding hydrogens is 458 g/mol. The van der Waals surface area contributed by atoms with Gasteiger partial charge in [-0.25, -0.2) is 0 Å². The highest BCUT2D eigenvalue weighted by Crippen LogP contribution is 2.45. The van der Waals surface area contributed by atoms with Gasteiger partial charge in [-0.2, -0.15) is 0 Å². The lowest BCUT2D eigenvalue weighted by Gasteiger charge is -2.28. The van der Waals surface area contributed by atoms with E-state index < -0.39 is 0 Å². The van der Waals surface area contributed by atoms with Crippen molar-refractivity contribution in [1.29, 1.82) is 0 Å². The Morgan fingerprint density at radius 1 is 1.00 bits per heavy atom. The number of rotatable bonds is 5. The van der Waals surface area contributed by atoms with E-state index in [4.69, 9.17) is 21.7 Å². The van der Waals surface area contributed by atoms with E-state index in [-0.39, 0.29) is 18.9 Å². The molecule has 0 spiro atoms. The molecule has 0 radical (unpaired) electrons. The van der Waals surface area contributed by atoms with Crippen LogP contribution in [0.1, 0.15) is 40.3 Å². The van der Waals surface area contributed by atoms with Gasteiger partial charge in [0.15, 0.2) is 16.6 Å². The van der Waals surface area contributed by atoms with Crippen LogP contribution in [0.15, 0.2) is 73.2 Å². The Labute approximate surface area is 209 Å². The number of hydrogen-bond donors (Lipinski definition) is 1. The molecule has 1 fully saturated rings. The molecule has 35 heavy (non-hydrogen) atoms. The topological polar surface area (TPSA) is 64.4 Å². The van der Waals surface area contributed by atoms with Gasteiger partial charge in [0.25, 0.3) is 0 Å². The highest BCUT2D eigenvalue weighted by molar-refractivity contribution is 7.80. The first-order valence-electron chi connectivity index (χ1n) is 11.6. The molecule has 0 unspecified atom stereocenters. The smallest absolute Gasteiger partial charge is 0.231 e. The fourth-order valence-corrected chi connectivity index (χ4v) is 5.37. The third-order valence-electron chi connectivity index (χ3n) is 6.75. The molecule has 2 aliphatic heterocycles. The second-order valence-corrected chi connectivity index (χ2v) is 9.19. The van der Waals surface area contributed by atoms with Crippen LogP contribution in [0, 0.1) is 13.8 Å². The van der Waals surface area contributed by atoms with Crippen LogP contribution < -0.4 is 19.7 Å². The molecule has 0 bridgehead atoms. The van der Waals surface area contributed by atoms with Crippen LogP contribution in [-0.2, 0) is 6.54 Å². The lowest BCUT2D eigenvalue weighted by molar-refractivity contribution is 0.174. The van der Waals surface area contributed by atoms with Crippen molar-refractivity contribution in [2.75, 3.05) is 11.7 Å². The summed E-state index contributed by atoms with van der Waals surface area (Å²) in [7, 11) is 0. The SMILES string of the molecule is Cc1cc([C@@H]2[C@H](c3ccccn3)NC(=S)N2c2ccc3c(c2)OCO3)c(C)n1Cc1ccncc1. The predicted octanol–water partition coefficient (Wildman–Crippen LogP) is 4.85. The number of hydrogen-bond acceptors (Lipinski definition) is 5. The molecular formula is C27H25N5O2S. The average molecular weight is 484 g/mol. The van der Waals surface area contributed by atoms with Crippen molar-refractivity contribution in [2.45, 2.75) is 32.5 Å². The van der Waals surface area contributed by atoms with Crippen LogP contribution in [0.4, 0.5) is 5.69 Å². The van der Waals surface area contributed by atoms with Gasteiger partial charge in [0, 0.05) is 48.3 Å². The van der Waals surface area contributed by atoms with Crippen LogP contribution >= 0.6 is 12.2 Å². The maximum Gasteiger partial charge on any atom is 0.231 e. The Balaban J connectivity index is 1.46. The van der Waals surface area contributed by atoms with Gasteiger partial charge in [-0.05, 0) is 79.7 Å². The van der Waals surface area contributed by atoms with E-state index in [1.54, 1.807) is 0 Å². The van der Waals surface area contributed by atoms with E-state index in [0.29, 0.717) is 5.11 Å². The zero-order valence-electron chi connectivity index (χ0n) is 19.5. The van der Waals surface area contributed by atoms with E-state index in [1.807, 2.05) is 55.0 Å². The zero-order valence-corrected chi connectivity index (χ0v) is 20.3. The number of aryl methyl sites for hydroxylation is 1. The number of fused-ring (bicyclic) bond motifs is 1. The number of aromatic nitrogens is 3. The molecule has 5 heterocycles. The van der Waals surface area contributed by atoms with Crippen LogP contribution in [0.2, 0.25) is 0 Å². The van der Waals surface area contributed by atoms with E-state index in [2.05, 4.69) is 56.8 Å². The Morgan fingerprint density at radius 2 is 1.83 bits per heavy atom. The number of ether oxygens (including phenoxy) is 2. The van der Waals surface area contributed by atoms with Crippen molar-refractivity contribution in [3.05, 3.63) is 101 Å². The third kappa shape index (κ3) is 3.80.